The van der Waals surface area contributed by atoms with Gasteiger partial charge in [-0.05, 0) is 18.6 Å². The molecule has 18 heavy (non-hydrogen) atoms. The van der Waals surface area contributed by atoms with Crippen molar-refractivity contribution in [3.8, 4) is 0 Å². The topological polar surface area (TPSA) is 55.9 Å². The molecule has 0 aliphatic rings. The molecule has 3 N–H and O–H groups in total. The number of aryl methyl sites for hydroxylation is 2. The van der Waals surface area contributed by atoms with Crippen molar-refractivity contribution in [2.75, 3.05) is 5.75 Å². The molecule has 5 heteroatoms. The van der Waals surface area contributed by atoms with E-state index in [0.717, 1.165) is 11.6 Å². The molecule has 1 unspecified atom stereocenters. The van der Waals surface area contributed by atoms with Crippen LogP contribution in [0.3, 0.4) is 0 Å². The second-order valence-corrected chi connectivity index (χ2v) is 5.25. The average molecular weight is 262 g/mol. The van der Waals surface area contributed by atoms with Crippen LogP contribution in [0, 0.1) is 6.92 Å². The summed E-state index contributed by atoms with van der Waals surface area (Å²) < 4.78 is 1.99. The van der Waals surface area contributed by atoms with E-state index in [9.17, 15) is 0 Å². The van der Waals surface area contributed by atoms with Crippen molar-refractivity contribution in [3.05, 3.63) is 48.0 Å². The normalized spacial score (nSPS) is 12.6. The highest BCUT2D eigenvalue weighted by atomic mass is 32.2. The zero-order valence-electron chi connectivity index (χ0n) is 10.6. The first-order valence-electron chi connectivity index (χ1n) is 5.84. The van der Waals surface area contributed by atoms with E-state index in [1.165, 1.54) is 10.5 Å². The van der Waals surface area contributed by atoms with Gasteiger partial charge in [0.25, 0.3) is 0 Å². The second kappa shape index (κ2) is 6.04. The van der Waals surface area contributed by atoms with Crippen LogP contribution in [0.2, 0.25) is 0 Å². The first-order valence-corrected chi connectivity index (χ1v) is 6.82. The highest BCUT2D eigenvalue weighted by Crippen LogP contribution is 2.26. The Bertz CT molecular complexity index is 509. The number of thioether (sulfide) groups is 1. The summed E-state index contributed by atoms with van der Waals surface area (Å²) in [6.07, 6.45) is 3.72. The smallest absolute Gasteiger partial charge is 0.127 e. The second-order valence-electron chi connectivity index (χ2n) is 4.19. The summed E-state index contributed by atoms with van der Waals surface area (Å²) in [7, 11) is 1.98. The molecule has 0 saturated carbocycles. The van der Waals surface area contributed by atoms with Crippen LogP contribution in [0.5, 0.6) is 0 Å². The Balaban J connectivity index is 2.05. The van der Waals surface area contributed by atoms with Gasteiger partial charge in [0.15, 0.2) is 0 Å². The Morgan fingerprint density at radius 2 is 2.22 bits per heavy atom. The number of nitrogens with two attached hydrogens (primary N) is 1. The van der Waals surface area contributed by atoms with Gasteiger partial charge in [0.1, 0.15) is 5.82 Å². The van der Waals surface area contributed by atoms with Gasteiger partial charge in [-0.1, -0.05) is 18.2 Å². The molecule has 0 fully saturated rings. The lowest BCUT2D eigenvalue weighted by atomic mass is 10.2. The van der Waals surface area contributed by atoms with Crippen LogP contribution in [0.4, 0.5) is 0 Å². The lowest BCUT2D eigenvalue weighted by molar-refractivity contribution is 0.557. The van der Waals surface area contributed by atoms with Gasteiger partial charge in [-0.3, -0.25) is 5.84 Å². The summed E-state index contributed by atoms with van der Waals surface area (Å²) in [6, 6.07) is 8.41. The molecule has 4 nitrogen and oxygen atoms in total. The summed E-state index contributed by atoms with van der Waals surface area (Å²) in [4.78, 5) is 5.61. The van der Waals surface area contributed by atoms with Crippen molar-refractivity contribution in [2.45, 2.75) is 17.9 Å². The van der Waals surface area contributed by atoms with Crippen molar-refractivity contribution < 1.29 is 0 Å². The fourth-order valence-corrected chi connectivity index (χ4v) is 2.86. The zero-order valence-corrected chi connectivity index (χ0v) is 11.4. The monoisotopic (exact) mass is 262 g/mol. The average Bonchev–Trinajstić information content (AvgIpc) is 2.79. The molecule has 0 amide bonds. The van der Waals surface area contributed by atoms with Gasteiger partial charge in [-0.15, -0.1) is 11.8 Å². The van der Waals surface area contributed by atoms with Crippen LogP contribution in [0.1, 0.15) is 17.4 Å². The minimum Gasteiger partial charge on any atom is -0.337 e. The zero-order chi connectivity index (χ0) is 13.0. The van der Waals surface area contributed by atoms with Gasteiger partial charge in [0.2, 0.25) is 0 Å². The van der Waals surface area contributed by atoms with Crippen molar-refractivity contribution in [2.24, 2.45) is 12.9 Å². The number of hydrogen-bond acceptors (Lipinski definition) is 4. The van der Waals surface area contributed by atoms with E-state index in [1.807, 2.05) is 17.8 Å². The number of imidazole rings is 1. The van der Waals surface area contributed by atoms with Crippen molar-refractivity contribution in [3.63, 3.8) is 0 Å². The van der Waals surface area contributed by atoms with Gasteiger partial charge < -0.3 is 4.57 Å². The van der Waals surface area contributed by atoms with Crippen LogP contribution in [-0.4, -0.2) is 15.3 Å². The summed E-state index contributed by atoms with van der Waals surface area (Å²) in [5, 5.41) is 0. The fourth-order valence-electron chi connectivity index (χ4n) is 1.80. The van der Waals surface area contributed by atoms with E-state index in [1.54, 1.807) is 18.0 Å². The molecule has 0 bridgehead atoms. The highest BCUT2D eigenvalue weighted by Gasteiger charge is 2.14. The van der Waals surface area contributed by atoms with Crippen LogP contribution < -0.4 is 11.3 Å². The molecule has 2 rings (SSSR count). The Morgan fingerprint density at radius 3 is 2.83 bits per heavy atom. The SMILES string of the molecule is Cc1ccccc1SCC(NN)c1nccn1C. The quantitative estimate of drug-likeness (QED) is 0.492. The van der Waals surface area contributed by atoms with Gasteiger partial charge in [-0.25, -0.2) is 10.4 Å². The predicted molar refractivity (Wildman–Crippen MR) is 75.2 cm³/mol. The van der Waals surface area contributed by atoms with E-state index >= 15 is 0 Å². The third-order valence-corrected chi connectivity index (χ3v) is 4.14. The third kappa shape index (κ3) is 2.93. The van der Waals surface area contributed by atoms with Crippen LogP contribution in [-0.2, 0) is 7.05 Å². The standard InChI is InChI=1S/C13H18N4S/c1-10-5-3-4-6-12(10)18-9-11(16-14)13-15-7-8-17(13)2/h3-8,11,16H,9,14H2,1-2H3. The lowest BCUT2D eigenvalue weighted by Crippen LogP contribution is -2.31. The molecule has 2 aromatic rings. The molecule has 0 aliphatic carbocycles. The molecule has 0 radical (unpaired) electrons. The van der Waals surface area contributed by atoms with Crippen LogP contribution >= 0.6 is 11.8 Å². The Kier molecular flexibility index (Phi) is 4.41. The van der Waals surface area contributed by atoms with Gasteiger partial charge in [0, 0.05) is 30.1 Å². The van der Waals surface area contributed by atoms with Crippen LogP contribution in [0.15, 0.2) is 41.6 Å². The molecule has 0 spiro atoms. The summed E-state index contributed by atoms with van der Waals surface area (Å²) in [5.41, 5.74) is 4.12. The number of aromatic nitrogens is 2. The predicted octanol–water partition coefficient (Wildman–Crippen LogP) is 2.03. The van der Waals surface area contributed by atoms with E-state index < -0.39 is 0 Å². The van der Waals surface area contributed by atoms with Gasteiger partial charge in [0.05, 0.1) is 6.04 Å². The summed E-state index contributed by atoms with van der Waals surface area (Å²) in [6.45, 7) is 2.12. The lowest BCUT2D eigenvalue weighted by Gasteiger charge is -2.15. The number of nitrogens with one attached hydrogen (secondary N) is 1. The summed E-state index contributed by atoms with van der Waals surface area (Å²) in [5.74, 6) is 7.43. The number of hydrazine groups is 1. The van der Waals surface area contributed by atoms with Crippen molar-refractivity contribution >= 4 is 11.8 Å². The maximum Gasteiger partial charge on any atom is 0.127 e. The van der Waals surface area contributed by atoms with E-state index in [0.29, 0.717) is 0 Å². The molecule has 1 aromatic carbocycles. The fraction of sp³-hybridized carbons (Fsp3) is 0.308. The van der Waals surface area contributed by atoms with Crippen molar-refractivity contribution in [1.82, 2.24) is 15.0 Å². The van der Waals surface area contributed by atoms with Gasteiger partial charge in [-0.2, -0.15) is 0 Å². The van der Waals surface area contributed by atoms with E-state index in [-0.39, 0.29) is 6.04 Å². The molecule has 1 heterocycles. The molecule has 0 saturated heterocycles. The Labute approximate surface area is 112 Å². The molecule has 1 atom stereocenters. The molecule has 0 aliphatic heterocycles. The number of rotatable bonds is 5. The van der Waals surface area contributed by atoms with E-state index in [2.05, 4.69) is 41.6 Å². The minimum atomic E-state index is 0.0506. The Morgan fingerprint density at radius 1 is 1.44 bits per heavy atom. The van der Waals surface area contributed by atoms with E-state index in [4.69, 9.17) is 5.84 Å². The largest absolute Gasteiger partial charge is 0.337 e. The molecular formula is C13H18N4S. The number of hydrogen-bond donors (Lipinski definition) is 2. The van der Waals surface area contributed by atoms with Crippen molar-refractivity contribution in [1.29, 1.82) is 0 Å². The highest BCUT2D eigenvalue weighted by molar-refractivity contribution is 7.99. The first kappa shape index (κ1) is 13.1. The number of benzene rings is 1. The summed E-state index contributed by atoms with van der Waals surface area (Å²) >= 11 is 1.79. The molecule has 96 valence electrons. The number of nitrogens with zero attached hydrogens (tertiary/aromatic N) is 2. The maximum absolute atomic E-state index is 5.62. The van der Waals surface area contributed by atoms with Gasteiger partial charge >= 0.3 is 0 Å². The Hall–Kier alpha value is -1.30. The maximum atomic E-state index is 5.62. The molecular weight excluding hydrogens is 244 g/mol. The molecule has 1 aromatic heterocycles. The van der Waals surface area contributed by atoms with Crippen LogP contribution in [0.25, 0.3) is 0 Å². The first-order chi connectivity index (χ1) is 8.72. The minimum absolute atomic E-state index is 0.0506. The third-order valence-electron chi connectivity index (χ3n) is 2.87.